The van der Waals surface area contributed by atoms with Crippen molar-refractivity contribution in [1.29, 1.82) is 0 Å². The molecule has 1 N–H and O–H groups in total. The van der Waals surface area contributed by atoms with Gasteiger partial charge in [-0.2, -0.15) is 0 Å². The summed E-state index contributed by atoms with van der Waals surface area (Å²) in [6.07, 6.45) is 0. The number of fused-ring (bicyclic) bond motifs is 1. The predicted molar refractivity (Wildman–Crippen MR) is 55.8 cm³/mol. The third-order valence-corrected chi connectivity index (χ3v) is 2.43. The number of Topliss-reactive ketones (excluding diaryl/α,β-unsaturated/α-hetero) is 1. The van der Waals surface area contributed by atoms with Crippen molar-refractivity contribution in [3.05, 3.63) is 22.0 Å². The van der Waals surface area contributed by atoms with Crippen LogP contribution in [0.25, 0.3) is 0 Å². The van der Waals surface area contributed by atoms with Crippen LogP contribution in [0, 0.1) is 0 Å². The third kappa shape index (κ3) is 1.60. The molecule has 0 bridgehead atoms. The number of H-pyrrole nitrogens is 1. The smallest absolute Gasteiger partial charge is 0.260 e. The van der Waals surface area contributed by atoms with E-state index in [1.54, 1.807) is 0 Å². The van der Waals surface area contributed by atoms with E-state index in [2.05, 4.69) is 4.98 Å². The zero-order chi connectivity index (χ0) is 11.0. The molecule has 0 amide bonds. The van der Waals surface area contributed by atoms with Gasteiger partial charge in [0.2, 0.25) is 0 Å². The van der Waals surface area contributed by atoms with Gasteiger partial charge in [-0.05, 0) is 6.92 Å². The van der Waals surface area contributed by atoms with Crippen LogP contribution in [0.5, 0.6) is 5.75 Å². The molecule has 0 fully saturated rings. The SMILES string of the molecule is CC(=O)c1cc2c([nH]c1=O)N(C)CCO2. The quantitative estimate of drug-likeness (QED) is 0.679. The van der Waals surface area contributed by atoms with Crippen LogP contribution in [0.15, 0.2) is 10.9 Å². The normalized spacial score (nSPS) is 14.4. The molecule has 80 valence electrons. The van der Waals surface area contributed by atoms with E-state index >= 15 is 0 Å². The van der Waals surface area contributed by atoms with Gasteiger partial charge in [-0.1, -0.05) is 0 Å². The first-order valence-electron chi connectivity index (χ1n) is 4.72. The van der Waals surface area contributed by atoms with E-state index in [1.807, 2.05) is 11.9 Å². The number of anilines is 1. The Bertz CT molecular complexity index is 464. The molecule has 0 spiro atoms. The first-order valence-corrected chi connectivity index (χ1v) is 4.72. The molecule has 0 radical (unpaired) electrons. The van der Waals surface area contributed by atoms with Crippen molar-refractivity contribution in [1.82, 2.24) is 4.98 Å². The highest BCUT2D eigenvalue weighted by Gasteiger charge is 2.18. The van der Waals surface area contributed by atoms with Crippen LogP contribution >= 0.6 is 0 Å². The number of pyridine rings is 1. The van der Waals surface area contributed by atoms with E-state index in [0.29, 0.717) is 18.2 Å². The number of hydrogen-bond acceptors (Lipinski definition) is 4. The molecular weight excluding hydrogens is 196 g/mol. The van der Waals surface area contributed by atoms with Gasteiger partial charge in [-0.3, -0.25) is 9.59 Å². The van der Waals surface area contributed by atoms with Gasteiger partial charge in [0, 0.05) is 13.1 Å². The number of aromatic nitrogens is 1. The lowest BCUT2D eigenvalue weighted by molar-refractivity contribution is 0.101. The molecule has 0 atom stereocenters. The Balaban J connectivity index is 2.59. The molecule has 1 aliphatic rings. The van der Waals surface area contributed by atoms with Gasteiger partial charge < -0.3 is 14.6 Å². The van der Waals surface area contributed by atoms with Crippen molar-refractivity contribution < 1.29 is 9.53 Å². The monoisotopic (exact) mass is 208 g/mol. The summed E-state index contributed by atoms with van der Waals surface area (Å²) in [5, 5.41) is 0. The first kappa shape index (κ1) is 9.76. The van der Waals surface area contributed by atoms with Gasteiger partial charge in [0.15, 0.2) is 17.4 Å². The van der Waals surface area contributed by atoms with Crippen molar-refractivity contribution in [3.63, 3.8) is 0 Å². The number of aromatic amines is 1. The largest absolute Gasteiger partial charge is 0.488 e. The Morgan fingerprint density at radius 1 is 1.60 bits per heavy atom. The summed E-state index contributed by atoms with van der Waals surface area (Å²) >= 11 is 0. The molecule has 1 aliphatic heterocycles. The van der Waals surface area contributed by atoms with Crippen molar-refractivity contribution >= 4 is 11.6 Å². The molecule has 2 rings (SSSR count). The summed E-state index contributed by atoms with van der Waals surface area (Å²) in [7, 11) is 1.87. The minimum absolute atomic E-state index is 0.143. The lowest BCUT2D eigenvalue weighted by Gasteiger charge is -2.26. The van der Waals surface area contributed by atoms with Crippen LogP contribution in [-0.4, -0.2) is 31.0 Å². The lowest BCUT2D eigenvalue weighted by Crippen LogP contribution is -2.32. The van der Waals surface area contributed by atoms with E-state index in [-0.39, 0.29) is 16.9 Å². The standard InChI is InChI=1S/C10H12N2O3/c1-6(13)7-5-8-9(11-10(7)14)12(2)3-4-15-8/h5H,3-4H2,1-2H3,(H,11,14). The zero-order valence-corrected chi connectivity index (χ0v) is 8.66. The van der Waals surface area contributed by atoms with E-state index in [1.165, 1.54) is 13.0 Å². The minimum atomic E-state index is -0.362. The second kappa shape index (κ2) is 3.42. The van der Waals surface area contributed by atoms with Crippen molar-refractivity contribution in [2.45, 2.75) is 6.92 Å². The molecule has 0 saturated carbocycles. The molecule has 0 unspecified atom stereocenters. The van der Waals surface area contributed by atoms with Gasteiger partial charge >= 0.3 is 0 Å². The lowest BCUT2D eigenvalue weighted by atomic mass is 10.2. The fourth-order valence-electron chi connectivity index (χ4n) is 1.56. The maximum absolute atomic E-state index is 11.5. The first-order chi connectivity index (χ1) is 7.09. The summed E-state index contributed by atoms with van der Waals surface area (Å²) < 4.78 is 5.38. The summed E-state index contributed by atoms with van der Waals surface area (Å²) in [6.45, 7) is 2.65. The van der Waals surface area contributed by atoms with Gasteiger partial charge in [0.1, 0.15) is 6.61 Å². The van der Waals surface area contributed by atoms with Gasteiger partial charge in [-0.15, -0.1) is 0 Å². The number of likely N-dealkylation sites (N-methyl/N-ethyl adjacent to an activating group) is 1. The molecule has 0 aliphatic carbocycles. The maximum atomic E-state index is 11.5. The van der Waals surface area contributed by atoms with Crippen molar-refractivity contribution in [2.75, 3.05) is 25.1 Å². The number of nitrogens with zero attached hydrogens (tertiary/aromatic N) is 1. The Kier molecular flexibility index (Phi) is 2.22. The third-order valence-electron chi connectivity index (χ3n) is 2.43. The zero-order valence-electron chi connectivity index (χ0n) is 8.66. The van der Waals surface area contributed by atoms with Crippen LogP contribution < -0.4 is 15.2 Å². The number of carbonyl (C=O) groups excluding carboxylic acids is 1. The number of ketones is 1. The van der Waals surface area contributed by atoms with E-state index in [4.69, 9.17) is 4.74 Å². The average Bonchev–Trinajstić information content (AvgIpc) is 2.18. The van der Waals surface area contributed by atoms with Gasteiger partial charge in [0.25, 0.3) is 5.56 Å². The molecule has 0 aromatic carbocycles. The molecule has 1 aromatic rings. The maximum Gasteiger partial charge on any atom is 0.260 e. The number of rotatable bonds is 1. The summed E-state index contributed by atoms with van der Waals surface area (Å²) in [4.78, 5) is 27.2. The fraction of sp³-hybridized carbons (Fsp3) is 0.400. The van der Waals surface area contributed by atoms with Crippen LogP contribution in [0.4, 0.5) is 5.82 Å². The van der Waals surface area contributed by atoms with E-state index in [9.17, 15) is 9.59 Å². The second-order valence-electron chi connectivity index (χ2n) is 3.55. The van der Waals surface area contributed by atoms with Crippen molar-refractivity contribution in [2.24, 2.45) is 0 Å². The molecular formula is C10H12N2O3. The Hall–Kier alpha value is -1.78. The van der Waals surface area contributed by atoms with Crippen LogP contribution in [0.3, 0.4) is 0 Å². The van der Waals surface area contributed by atoms with Gasteiger partial charge in [0.05, 0.1) is 12.1 Å². The highest BCUT2D eigenvalue weighted by atomic mass is 16.5. The van der Waals surface area contributed by atoms with Crippen LogP contribution in [0.2, 0.25) is 0 Å². The fourth-order valence-corrected chi connectivity index (χ4v) is 1.56. The summed E-state index contributed by atoms with van der Waals surface area (Å²) in [6, 6.07) is 1.51. The predicted octanol–water partition coefficient (Wildman–Crippen LogP) is 0.406. The summed E-state index contributed by atoms with van der Waals surface area (Å²) in [5.74, 6) is 0.945. The molecule has 5 nitrogen and oxygen atoms in total. The van der Waals surface area contributed by atoms with Crippen LogP contribution in [0.1, 0.15) is 17.3 Å². The molecule has 5 heteroatoms. The Labute approximate surface area is 86.7 Å². The molecule has 0 saturated heterocycles. The van der Waals surface area contributed by atoms with Crippen molar-refractivity contribution in [3.8, 4) is 5.75 Å². The minimum Gasteiger partial charge on any atom is -0.488 e. The Morgan fingerprint density at radius 2 is 2.33 bits per heavy atom. The number of ether oxygens (including phenoxy) is 1. The molecule has 2 heterocycles. The van der Waals surface area contributed by atoms with E-state index < -0.39 is 0 Å². The number of hydrogen-bond donors (Lipinski definition) is 1. The molecule has 1 aromatic heterocycles. The second-order valence-corrected chi connectivity index (χ2v) is 3.55. The van der Waals surface area contributed by atoms with E-state index in [0.717, 1.165) is 6.54 Å². The van der Waals surface area contributed by atoms with Crippen LogP contribution in [-0.2, 0) is 0 Å². The summed E-state index contributed by atoms with van der Waals surface area (Å²) in [5.41, 5.74) is -0.220. The molecule has 15 heavy (non-hydrogen) atoms. The van der Waals surface area contributed by atoms with Gasteiger partial charge in [-0.25, -0.2) is 0 Å². The number of carbonyl (C=O) groups is 1. The highest BCUT2D eigenvalue weighted by Crippen LogP contribution is 2.27. The topological polar surface area (TPSA) is 62.4 Å². The Morgan fingerprint density at radius 3 is 3.00 bits per heavy atom. The highest BCUT2D eigenvalue weighted by molar-refractivity contribution is 5.94. The average molecular weight is 208 g/mol. The number of nitrogens with one attached hydrogen (secondary N) is 1.